The molecule has 33 heavy (non-hydrogen) atoms. The Hall–Kier alpha value is -4.17. The van der Waals surface area contributed by atoms with E-state index in [4.69, 9.17) is 0 Å². The van der Waals surface area contributed by atoms with Gasteiger partial charge in [0.2, 0.25) is 5.91 Å². The molecule has 0 saturated carbocycles. The lowest BCUT2D eigenvalue weighted by molar-refractivity contribution is -0.119. The molecular weight excluding hydrogens is 412 g/mol. The second-order valence-corrected chi connectivity index (χ2v) is 7.77. The van der Waals surface area contributed by atoms with Crippen LogP contribution >= 0.6 is 0 Å². The predicted octanol–water partition coefficient (Wildman–Crippen LogP) is 4.22. The molecule has 0 bridgehead atoms. The molecule has 0 radical (unpaired) electrons. The summed E-state index contributed by atoms with van der Waals surface area (Å²) < 4.78 is 0. The monoisotopic (exact) mass is 436 g/mol. The van der Waals surface area contributed by atoms with Crippen LogP contribution in [-0.2, 0) is 4.79 Å². The Morgan fingerprint density at radius 3 is 2.27 bits per heavy atom. The number of anilines is 1. The zero-order valence-electron chi connectivity index (χ0n) is 18.2. The molecule has 2 amide bonds. The predicted molar refractivity (Wildman–Crippen MR) is 128 cm³/mol. The molecule has 1 N–H and O–H groups in total. The van der Waals surface area contributed by atoms with E-state index in [2.05, 4.69) is 17.2 Å². The van der Waals surface area contributed by atoms with Gasteiger partial charge in [0.25, 0.3) is 5.91 Å². The number of amides is 2. The first-order valence-electron chi connectivity index (χ1n) is 11.0. The van der Waals surface area contributed by atoms with Crippen molar-refractivity contribution in [3.63, 3.8) is 0 Å². The number of rotatable bonds is 5. The van der Waals surface area contributed by atoms with Crippen LogP contribution in [0.25, 0.3) is 0 Å². The minimum absolute atomic E-state index is 0.152. The average Bonchev–Trinajstić information content (AvgIpc) is 2.87. The van der Waals surface area contributed by atoms with Gasteiger partial charge in [0.15, 0.2) is 5.78 Å². The highest BCUT2D eigenvalue weighted by Gasteiger charge is 2.19. The molecule has 164 valence electrons. The third-order valence-electron chi connectivity index (χ3n) is 5.52. The summed E-state index contributed by atoms with van der Waals surface area (Å²) >= 11 is 0. The summed E-state index contributed by atoms with van der Waals surface area (Å²) in [6, 6.07) is 23.2. The lowest BCUT2D eigenvalue weighted by Gasteiger charge is -2.26. The lowest BCUT2D eigenvalue weighted by atomic mass is 9.98. The van der Waals surface area contributed by atoms with Crippen molar-refractivity contribution in [3.05, 3.63) is 101 Å². The molecule has 1 aliphatic heterocycles. The fourth-order valence-electron chi connectivity index (χ4n) is 3.79. The first-order valence-corrected chi connectivity index (χ1v) is 11.0. The van der Waals surface area contributed by atoms with Gasteiger partial charge in [0, 0.05) is 35.3 Å². The molecule has 1 aliphatic rings. The summed E-state index contributed by atoms with van der Waals surface area (Å²) in [6.07, 6.45) is 2.57. The van der Waals surface area contributed by atoms with E-state index < -0.39 is 0 Å². The van der Waals surface area contributed by atoms with E-state index in [1.54, 1.807) is 48.5 Å². The van der Waals surface area contributed by atoms with Crippen molar-refractivity contribution in [2.24, 2.45) is 0 Å². The molecular formula is C28H24N2O3. The van der Waals surface area contributed by atoms with Crippen LogP contribution in [0.5, 0.6) is 0 Å². The third-order valence-corrected chi connectivity index (χ3v) is 5.52. The quantitative estimate of drug-likeness (QED) is 0.481. The SMILES string of the molecule is O=C(NCC#Cc1ccc(N2CCCCC2=O)cc1)c1ccccc1C(=O)c1ccccc1. The number of nitrogens with one attached hydrogen (secondary N) is 1. The minimum atomic E-state index is -0.344. The largest absolute Gasteiger partial charge is 0.341 e. The Morgan fingerprint density at radius 2 is 1.55 bits per heavy atom. The molecule has 1 fully saturated rings. The van der Waals surface area contributed by atoms with Gasteiger partial charge in [0.05, 0.1) is 12.1 Å². The number of hydrogen-bond acceptors (Lipinski definition) is 3. The van der Waals surface area contributed by atoms with Gasteiger partial charge in [-0.1, -0.05) is 60.4 Å². The fraction of sp³-hybridized carbons (Fsp3) is 0.179. The maximum atomic E-state index is 12.8. The van der Waals surface area contributed by atoms with Crippen molar-refractivity contribution >= 4 is 23.3 Å². The van der Waals surface area contributed by atoms with E-state index in [1.807, 2.05) is 35.2 Å². The lowest BCUT2D eigenvalue weighted by Crippen LogP contribution is -2.35. The van der Waals surface area contributed by atoms with Crippen molar-refractivity contribution in [2.75, 3.05) is 18.0 Å². The first kappa shape index (κ1) is 22.0. The number of carbonyl (C=O) groups is 3. The standard InChI is InChI=1S/C28H24N2O3/c31-26-14-6-7-20-30(26)23-17-15-21(16-18-23)9-8-19-29-28(33)25-13-5-4-12-24(25)27(32)22-10-2-1-3-11-22/h1-5,10-13,15-18H,6-7,14,19-20H2,(H,29,33). The molecule has 5 nitrogen and oxygen atoms in total. The van der Waals surface area contributed by atoms with Crippen molar-refractivity contribution in [1.82, 2.24) is 5.32 Å². The number of carbonyl (C=O) groups excluding carboxylic acids is 3. The third kappa shape index (κ3) is 5.36. The topological polar surface area (TPSA) is 66.5 Å². The summed E-state index contributed by atoms with van der Waals surface area (Å²) in [4.78, 5) is 39.4. The molecule has 3 aromatic rings. The molecule has 0 unspecified atom stereocenters. The molecule has 0 aliphatic carbocycles. The van der Waals surface area contributed by atoms with Crippen LogP contribution in [0.4, 0.5) is 5.69 Å². The molecule has 4 rings (SSSR count). The first-order chi connectivity index (χ1) is 16.1. The van der Waals surface area contributed by atoms with Crippen molar-refractivity contribution < 1.29 is 14.4 Å². The fourth-order valence-corrected chi connectivity index (χ4v) is 3.79. The van der Waals surface area contributed by atoms with Gasteiger partial charge in [-0.2, -0.15) is 0 Å². The van der Waals surface area contributed by atoms with Crippen LogP contribution in [0.1, 0.15) is 51.1 Å². The van der Waals surface area contributed by atoms with Gasteiger partial charge in [-0.25, -0.2) is 0 Å². The maximum Gasteiger partial charge on any atom is 0.252 e. The van der Waals surface area contributed by atoms with Gasteiger partial charge in [0.1, 0.15) is 0 Å². The Balaban J connectivity index is 1.38. The highest BCUT2D eigenvalue weighted by atomic mass is 16.2. The normalized spacial score (nSPS) is 13.1. The maximum absolute atomic E-state index is 12.8. The second kappa shape index (κ2) is 10.4. The van der Waals surface area contributed by atoms with Crippen LogP contribution < -0.4 is 10.2 Å². The number of hydrogen-bond donors (Lipinski definition) is 1. The Morgan fingerprint density at radius 1 is 0.848 bits per heavy atom. The smallest absolute Gasteiger partial charge is 0.252 e. The van der Waals surface area contributed by atoms with Gasteiger partial charge in [-0.05, 0) is 43.2 Å². The van der Waals surface area contributed by atoms with Gasteiger partial charge < -0.3 is 10.2 Å². The Bertz CT molecular complexity index is 1220. The second-order valence-electron chi connectivity index (χ2n) is 7.77. The van der Waals surface area contributed by atoms with Crippen LogP contribution in [0.2, 0.25) is 0 Å². The van der Waals surface area contributed by atoms with E-state index in [1.165, 1.54) is 0 Å². The van der Waals surface area contributed by atoms with E-state index in [9.17, 15) is 14.4 Å². The van der Waals surface area contributed by atoms with Gasteiger partial charge >= 0.3 is 0 Å². The van der Waals surface area contributed by atoms with Crippen molar-refractivity contribution in [1.29, 1.82) is 0 Å². The van der Waals surface area contributed by atoms with Crippen LogP contribution in [0.15, 0.2) is 78.9 Å². The molecule has 5 heteroatoms. The average molecular weight is 437 g/mol. The summed E-state index contributed by atoms with van der Waals surface area (Å²) in [5.74, 6) is 5.59. The van der Waals surface area contributed by atoms with Gasteiger partial charge in [-0.3, -0.25) is 14.4 Å². The zero-order valence-corrected chi connectivity index (χ0v) is 18.2. The van der Waals surface area contributed by atoms with E-state index in [0.717, 1.165) is 30.6 Å². The molecule has 0 spiro atoms. The van der Waals surface area contributed by atoms with Crippen LogP contribution in [0, 0.1) is 11.8 Å². The molecule has 0 aromatic heterocycles. The number of piperidine rings is 1. The molecule has 3 aromatic carbocycles. The molecule has 1 heterocycles. The van der Waals surface area contributed by atoms with E-state index >= 15 is 0 Å². The highest BCUT2D eigenvalue weighted by molar-refractivity contribution is 6.15. The minimum Gasteiger partial charge on any atom is -0.341 e. The summed E-state index contributed by atoms with van der Waals surface area (Å²) in [5.41, 5.74) is 2.91. The molecule has 1 saturated heterocycles. The molecule has 0 atom stereocenters. The summed E-state index contributed by atoms with van der Waals surface area (Å²) in [5, 5.41) is 2.77. The van der Waals surface area contributed by atoms with Gasteiger partial charge in [-0.15, -0.1) is 0 Å². The summed E-state index contributed by atoms with van der Waals surface area (Å²) in [6.45, 7) is 0.906. The van der Waals surface area contributed by atoms with E-state index in [0.29, 0.717) is 23.1 Å². The summed E-state index contributed by atoms with van der Waals surface area (Å²) in [7, 11) is 0. The zero-order chi connectivity index (χ0) is 23.0. The number of nitrogens with zero attached hydrogens (tertiary/aromatic N) is 1. The van der Waals surface area contributed by atoms with Crippen LogP contribution in [-0.4, -0.2) is 30.7 Å². The number of benzene rings is 3. The van der Waals surface area contributed by atoms with Crippen molar-refractivity contribution in [3.8, 4) is 11.8 Å². The van der Waals surface area contributed by atoms with E-state index in [-0.39, 0.29) is 24.1 Å². The Kier molecular flexibility index (Phi) is 6.96. The Labute approximate surface area is 193 Å². The number of ketones is 1. The van der Waals surface area contributed by atoms with Crippen molar-refractivity contribution in [2.45, 2.75) is 19.3 Å². The van der Waals surface area contributed by atoms with Crippen LogP contribution in [0.3, 0.4) is 0 Å². The highest BCUT2D eigenvalue weighted by Crippen LogP contribution is 2.21.